The normalized spacial score (nSPS) is 10.2. The first-order valence-corrected chi connectivity index (χ1v) is 4.80. The molecule has 16 heavy (non-hydrogen) atoms. The molecule has 0 saturated heterocycles. The van der Waals surface area contributed by atoms with Crippen molar-refractivity contribution in [3.05, 3.63) is 62.7 Å². The molecular weight excluding hydrogens is 206 g/mol. The number of hydrogen-bond donors (Lipinski definition) is 2. The quantitative estimate of drug-likeness (QED) is 0.703. The molecule has 1 heterocycles. The predicted molar refractivity (Wildman–Crippen MR) is 61.3 cm³/mol. The van der Waals surface area contributed by atoms with E-state index in [0.717, 1.165) is 5.56 Å². The van der Waals surface area contributed by atoms with E-state index in [-0.39, 0.29) is 11.1 Å². The maximum atomic E-state index is 11.4. The van der Waals surface area contributed by atoms with Gasteiger partial charge in [0.25, 0.3) is 11.1 Å². The molecule has 0 amide bonds. The standard InChI is InChI=1S/C11H11N3O2/c12-9-3-1-8(2-4-9)7-14-11(16)6-5-10(15)13-14/h1-6H,7,12H2,(H,13,15). The molecule has 0 atom stereocenters. The smallest absolute Gasteiger partial charge is 0.265 e. The fourth-order valence-corrected chi connectivity index (χ4v) is 1.39. The molecule has 0 bridgehead atoms. The Labute approximate surface area is 91.1 Å². The SMILES string of the molecule is Nc1ccc(Cn2[nH]c(=O)ccc2=O)cc1. The Kier molecular flexibility index (Phi) is 2.59. The van der Waals surface area contributed by atoms with Gasteiger partial charge in [0.15, 0.2) is 0 Å². The Balaban J connectivity index is 2.33. The summed E-state index contributed by atoms with van der Waals surface area (Å²) in [5.74, 6) is 0. The van der Waals surface area contributed by atoms with Crippen molar-refractivity contribution in [2.45, 2.75) is 6.54 Å². The first-order valence-electron chi connectivity index (χ1n) is 4.80. The highest BCUT2D eigenvalue weighted by atomic mass is 16.1. The Hall–Kier alpha value is -2.30. The number of nitrogens with zero attached hydrogens (tertiary/aromatic N) is 1. The summed E-state index contributed by atoms with van der Waals surface area (Å²) in [7, 11) is 0. The van der Waals surface area contributed by atoms with Crippen molar-refractivity contribution < 1.29 is 0 Å². The van der Waals surface area contributed by atoms with Crippen LogP contribution >= 0.6 is 0 Å². The molecule has 0 radical (unpaired) electrons. The molecule has 0 aliphatic carbocycles. The van der Waals surface area contributed by atoms with Gasteiger partial charge in [0, 0.05) is 17.8 Å². The molecule has 0 aliphatic rings. The summed E-state index contributed by atoms with van der Waals surface area (Å²) in [4.78, 5) is 22.5. The number of benzene rings is 1. The minimum Gasteiger partial charge on any atom is -0.399 e. The number of nitrogen functional groups attached to an aromatic ring is 1. The van der Waals surface area contributed by atoms with E-state index < -0.39 is 0 Å². The van der Waals surface area contributed by atoms with Crippen molar-refractivity contribution in [2.75, 3.05) is 5.73 Å². The molecule has 2 aromatic rings. The van der Waals surface area contributed by atoms with Crippen molar-refractivity contribution >= 4 is 5.69 Å². The lowest BCUT2D eigenvalue weighted by molar-refractivity contribution is 0.627. The van der Waals surface area contributed by atoms with Crippen LogP contribution < -0.4 is 16.9 Å². The molecule has 5 nitrogen and oxygen atoms in total. The largest absolute Gasteiger partial charge is 0.399 e. The van der Waals surface area contributed by atoms with Crippen LogP contribution in [0.1, 0.15) is 5.56 Å². The van der Waals surface area contributed by atoms with Crippen LogP contribution in [0.25, 0.3) is 0 Å². The lowest BCUT2D eigenvalue weighted by Gasteiger charge is -2.04. The molecule has 1 aromatic carbocycles. The van der Waals surface area contributed by atoms with Gasteiger partial charge >= 0.3 is 0 Å². The zero-order chi connectivity index (χ0) is 11.5. The van der Waals surface area contributed by atoms with E-state index >= 15 is 0 Å². The van der Waals surface area contributed by atoms with E-state index in [1.54, 1.807) is 12.1 Å². The highest BCUT2D eigenvalue weighted by Gasteiger charge is 1.98. The summed E-state index contributed by atoms with van der Waals surface area (Å²) >= 11 is 0. The average molecular weight is 217 g/mol. The van der Waals surface area contributed by atoms with Gasteiger partial charge in [0.05, 0.1) is 6.54 Å². The first kappa shape index (κ1) is 10.2. The van der Waals surface area contributed by atoms with Crippen LogP contribution in [0.5, 0.6) is 0 Å². The van der Waals surface area contributed by atoms with Gasteiger partial charge in [-0.05, 0) is 17.7 Å². The Bertz CT molecular complexity index is 596. The third-order valence-corrected chi connectivity index (χ3v) is 2.21. The lowest BCUT2D eigenvalue weighted by atomic mass is 10.2. The Morgan fingerprint density at radius 2 is 1.75 bits per heavy atom. The van der Waals surface area contributed by atoms with Crippen LogP contribution in [0.4, 0.5) is 5.69 Å². The number of H-pyrrole nitrogens is 1. The number of aromatic nitrogens is 2. The lowest BCUT2D eigenvalue weighted by Crippen LogP contribution is -2.28. The average Bonchev–Trinajstić information content (AvgIpc) is 2.27. The molecular formula is C11H11N3O2. The number of rotatable bonds is 2. The fourth-order valence-electron chi connectivity index (χ4n) is 1.39. The van der Waals surface area contributed by atoms with E-state index in [4.69, 9.17) is 5.73 Å². The molecule has 0 aliphatic heterocycles. The summed E-state index contributed by atoms with van der Waals surface area (Å²) in [6.07, 6.45) is 0. The zero-order valence-electron chi connectivity index (χ0n) is 8.51. The number of anilines is 1. The van der Waals surface area contributed by atoms with Gasteiger partial charge in [-0.25, -0.2) is 4.68 Å². The van der Waals surface area contributed by atoms with Crippen molar-refractivity contribution in [1.29, 1.82) is 0 Å². The Morgan fingerprint density at radius 1 is 1.06 bits per heavy atom. The van der Waals surface area contributed by atoms with Gasteiger partial charge < -0.3 is 5.73 Å². The summed E-state index contributed by atoms with van der Waals surface area (Å²) in [5, 5.41) is 2.46. The first-order chi connectivity index (χ1) is 7.65. The summed E-state index contributed by atoms with van der Waals surface area (Å²) in [6.45, 7) is 0.329. The van der Waals surface area contributed by atoms with Gasteiger partial charge in [0.1, 0.15) is 0 Å². The molecule has 2 rings (SSSR count). The van der Waals surface area contributed by atoms with Crippen LogP contribution in [-0.4, -0.2) is 9.78 Å². The van der Waals surface area contributed by atoms with Gasteiger partial charge in [-0.2, -0.15) is 0 Å². The Morgan fingerprint density at radius 3 is 2.44 bits per heavy atom. The van der Waals surface area contributed by atoms with E-state index in [1.165, 1.54) is 16.8 Å². The second kappa shape index (κ2) is 4.06. The molecule has 82 valence electrons. The van der Waals surface area contributed by atoms with E-state index in [2.05, 4.69) is 5.10 Å². The number of aromatic amines is 1. The van der Waals surface area contributed by atoms with Crippen molar-refractivity contribution in [3.8, 4) is 0 Å². The monoisotopic (exact) mass is 217 g/mol. The van der Waals surface area contributed by atoms with Crippen LogP contribution in [0.2, 0.25) is 0 Å². The van der Waals surface area contributed by atoms with Crippen LogP contribution in [-0.2, 0) is 6.54 Å². The fraction of sp³-hybridized carbons (Fsp3) is 0.0909. The molecule has 0 saturated carbocycles. The van der Waals surface area contributed by atoms with E-state index in [9.17, 15) is 9.59 Å². The summed E-state index contributed by atoms with van der Waals surface area (Å²) in [5.41, 5.74) is 6.58. The molecule has 5 heteroatoms. The van der Waals surface area contributed by atoms with Crippen LogP contribution in [0.15, 0.2) is 46.0 Å². The van der Waals surface area contributed by atoms with Crippen LogP contribution in [0, 0.1) is 0 Å². The third kappa shape index (κ3) is 2.20. The van der Waals surface area contributed by atoms with Gasteiger partial charge in [-0.1, -0.05) is 12.1 Å². The predicted octanol–water partition coefficient (Wildman–Crippen LogP) is 0.167. The second-order valence-corrected chi connectivity index (χ2v) is 3.48. The zero-order valence-corrected chi connectivity index (χ0v) is 8.51. The maximum absolute atomic E-state index is 11.4. The molecule has 0 unspecified atom stereocenters. The minimum absolute atomic E-state index is 0.239. The second-order valence-electron chi connectivity index (χ2n) is 3.48. The van der Waals surface area contributed by atoms with Crippen molar-refractivity contribution in [2.24, 2.45) is 0 Å². The van der Waals surface area contributed by atoms with Gasteiger partial charge in [0.2, 0.25) is 0 Å². The van der Waals surface area contributed by atoms with Gasteiger partial charge in [-0.3, -0.25) is 14.7 Å². The van der Waals surface area contributed by atoms with Crippen molar-refractivity contribution in [1.82, 2.24) is 9.78 Å². The molecule has 3 N–H and O–H groups in total. The topological polar surface area (TPSA) is 80.9 Å². The minimum atomic E-state index is -0.296. The molecule has 1 aromatic heterocycles. The summed E-state index contributed by atoms with van der Waals surface area (Å²) in [6, 6.07) is 9.58. The van der Waals surface area contributed by atoms with Crippen LogP contribution in [0.3, 0.4) is 0 Å². The number of hydrogen-bond acceptors (Lipinski definition) is 3. The van der Waals surface area contributed by atoms with Gasteiger partial charge in [-0.15, -0.1) is 0 Å². The number of nitrogens with one attached hydrogen (secondary N) is 1. The highest BCUT2D eigenvalue weighted by molar-refractivity contribution is 5.39. The van der Waals surface area contributed by atoms with E-state index in [0.29, 0.717) is 12.2 Å². The summed E-state index contributed by atoms with van der Waals surface area (Å²) < 4.78 is 1.26. The maximum Gasteiger partial charge on any atom is 0.265 e. The van der Waals surface area contributed by atoms with Crippen molar-refractivity contribution in [3.63, 3.8) is 0 Å². The third-order valence-electron chi connectivity index (χ3n) is 2.21. The number of nitrogens with two attached hydrogens (primary N) is 1. The molecule has 0 spiro atoms. The highest BCUT2D eigenvalue weighted by Crippen LogP contribution is 2.05. The van der Waals surface area contributed by atoms with E-state index in [1.807, 2.05) is 12.1 Å². The molecule has 0 fully saturated rings.